The molecule has 0 spiro atoms. The number of benzene rings is 1. The van der Waals surface area contributed by atoms with E-state index in [1.54, 1.807) is 0 Å². The molecule has 4 atom stereocenters. The molecule has 1 aromatic carbocycles. The van der Waals surface area contributed by atoms with Gasteiger partial charge in [-0.1, -0.05) is 37.3 Å². The van der Waals surface area contributed by atoms with Crippen molar-refractivity contribution in [2.24, 2.45) is 5.92 Å². The van der Waals surface area contributed by atoms with E-state index in [4.69, 9.17) is 14.2 Å². The third-order valence-electron chi connectivity index (χ3n) is 4.30. The van der Waals surface area contributed by atoms with Crippen molar-refractivity contribution in [1.29, 1.82) is 0 Å². The molecule has 1 saturated heterocycles. The predicted octanol–water partition coefficient (Wildman–Crippen LogP) is 2.52. The fourth-order valence-corrected chi connectivity index (χ4v) is 2.88. The van der Waals surface area contributed by atoms with Crippen LogP contribution in [0.1, 0.15) is 31.7 Å². The van der Waals surface area contributed by atoms with Gasteiger partial charge in [-0.05, 0) is 5.56 Å². The van der Waals surface area contributed by atoms with Gasteiger partial charge in [0.15, 0.2) is 0 Å². The number of esters is 1. The van der Waals surface area contributed by atoms with Crippen molar-refractivity contribution in [1.82, 2.24) is 0 Å². The first-order valence-corrected chi connectivity index (χ1v) is 7.95. The number of ether oxygens (including phenoxy) is 3. The molecule has 1 aromatic rings. The highest BCUT2D eigenvalue weighted by Gasteiger charge is 2.37. The Hall–Kier alpha value is -1.72. The summed E-state index contributed by atoms with van der Waals surface area (Å²) < 4.78 is 16.7. The van der Waals surface area contributed by atoms with Gasteiger partial charge in [0.2, 0.25) is 0 Å². The van der Waals surface area contributed by atoms with Crippen molar-refractivity contribution in [2.45, 2.75) is 51.1 Å². The van der Waals surface area contributed by atoms with Gasteiger partial charge >= 0.3 is 5.97 Å². The third kappa shape index (κ3) is 5.15. The van der Waals surface area contributed by atoms with E-state index in [2.05, 4.69) is 0 Å². The van der Waals surface area contributed by atoms with Gasteiger partial charge < -0.3 is 19.0 Å². The van der Waals surface area contributed by atoms with Gasteiger partial charge in [-0.25, -0.2) is 0 Å². The van der Waals surface area contributed by atoms with Gasteiger partial charge in [0.25, 0.3) is 0 Å². The summed E-state index contributed by atoms with van der Waals surface area (Å²) >= 11 is 0. The Morgan fingerprint density at radius 2 is 2.09 bits per heavy atom. The fraction of sp³-hybridized carbons (Fsp3) is 0.556. The molecule has 0 aromatic heterocycles. The van der Waals surface area contributed by atoms with Gasteiger partial charge in [-0.2, -0.15) is 0 Å². The zero-order chi connectivity index (χ0) is 16.7. The molecule has 1 aliphatic rings. The van der Waals surface area contributed by atoms with E-state index in [9.17, 15) is 9.59 Å². The highest BCUT2D eigenvalue weighted by molar-refractivity contribution is 5.69. The van der Waals surface area contributed by atoms with Gasteiger partial charge in [0, 0.05) is 18.8 Å². The number of rotatable bonds is 7. The van der Waals surface area contributed by atoms with Crippen LogP contribution in [0.2, 0.25) is 0 Å². The van der Waals surface area contributed by atoms with Gasteiger partial charge in [-0.15, -0.1) is 0 Å². The van der Waals surface area contributed by atoms with E-state index >= 15 is 0 Å². The summed E-state index contributed by atoms with van der Waals surface area (Å²) in [6.45, 7) is 2.52. The monoisotopic (exact) mass is 320 g/mol. The average Bonchev–Trinajstić information content (AvgIpc) is 2.57. The number of methoxy groups -OCH3 is 1. The van der Waals surface area contributed by atoms with Crippen LogP contribution >= 0.6 is 0 Å². The smallest absolute Gasteiger partial charge is 0.308 e. The number of hydrogen-bond donors (Lipinski definition) is 0. The number of carbonyl (C=O) groups is 2. The van der Waals surface area contributed by atoms with Crippen LogP contribution in [-0.4, -0.2) is 37.7 Å². The van der Waals surface area contributed by atoms with E-state index in [1.807, 2.05) is 37.3 Å². The molecule has 23 heavy (non-hydrogen) atoms. The molecule has 5 heteroatoms. The number of aldehydes is 1. The molecule has 0 saturated carbocycles. The molecule has 1 aliphatic heterocycles. The minimum atomic E-state index is -0.310. The van der Waals surface area contributed by atoms with E-state index in [0.717, 1.165) is 11.8 Å². The Labute approximate surface area is 136 Å². The second-order valence-corrected chi connectivity index (χ2v) is 5.91. The Morgan fingerprint density at radius 3 is 2.74 bits per heavy atom. The lowest BCUT2D eigenvalue weighted by molar-refractivity contribution is -0.169. The van der Waals surface area contributed by atoms with Crippen LogP contribution in [0.4, 0.5) is 0 Å². The van der Waals surface area contributed by atoms with Crippen LogP contribution in [0.25, 0.3) is 0 Å². The van der Waals surface area contributed by atoms with Crippen LogP contribution in [-0.2, 0) is 30.4 Å². The van der Waals surface area contributed by atoms with Crippen LogP contribution in [0.3, 0.4) is 0 Å². The maximum absolute atomic E-state index is 11.6. The zero-order valence-corrected chi connectivity index (χ0v) is 13.6. The maximum atomic E-state index is 11.6. The van der Waals surface area contributed by atoms with Crippen molar-refractivity contribution in [3.05, 3.63) is 35.9 Å². The second-order valence-electron chi connectivity index (χ2n) is 5.91. The second kappa shape index (κ2) is 8.79. The molecule has 5 nitrogen and oxygen atoms in total. The standard InChI is InChI=1S/C18H24O5/c1-13-16(22-12-14-6-4-3-5-7-14)10-15(8-9-19)23-17(13)11-18(20)21-2/h3-7,9,13,15-17H,8,10-12H2,1-2H3/t13-,15-,16+,17+/m1/s1. The van der Waals surface area contributed by atoms with Crippen molar-refractivity contribution >= 4 is 12.3 Å². The van der Waals surface area contributed by atoms with Crippen LogP contribution in [0, 0.1) is 5.92 Å². The molecule has 1 heterocycles. The lowest BCUT2D eigenvalue weighted by Crippen LogP contribution is -2.45. The van der Waals surface area contributed by atoms with Crippen molar-refractivity contribution in [2.75, 3.05) is 7.11 Å². The highest BCUT2D eigenvalue weighted by Crippen LogP contribution is 2.31. The molecule has 0 N–H and O–H groups in total. The molecular formula is C18H24O5. The van der Waals surface area contributed by atoms with Crippen molar-refractivity contribution in [3.8, 4) is 0 Å². The lowest BCUT2D eigenvalue weighted by Gasteiger charge is -2.39. The van der Waals surface area contributed by atoms with Crippen molar-refractivity contribution in [3.63, 3.8) is 0 Å². The Balaban J connectivity index is 2.00. The first-order valence-electron chi connectivity index (χ1n) is 7.95. The summed E-state index contributed by atoms with van der Waals surface area (Å²) in [5.41, 5.74) is 1.10. The summed E-state index contributed by atoms with van der Waals surface area (Å²) in [5, 5.41) is 0. The summed E-state index contributed by atoms with van der Waals surface area (Å²) in [5.74, 6) is -0.254. The van der Waals surface area contributed by atoms with E-state index in [-0.39, 0.29) is 36.6 Å². The average molecular weight is 320 g/mol. The SMILES string of the molecule is COC(=O)C[C@@H]1O[C@H](CC=O)C[C@H](OCc2ccccc2)[C@H]1C. The first-order chi connectivity index (χ1) is 11.1. The van der Waals surface area contributed by atoms with E-state index in [0.29, 0.717) is 19.4 Å². The Kier molecular flexibility index (Phi) is 6.74. The van der Waals surface area contributed by atoms with Gasteiger partial charge in [-0.3, -0.25) is 4.79 Å². The lowest BCUT2D eigenvalue weighted by atomic mass is 9.87. The molecule has 0 bridgehead atoms. The molecule has 0 radical (unpaired) electrons. The molecule has 0 aliphatic carbocycles. The number of hydrogen-bond acceptors (Lipinski definition) is 5. The van der Waals surface area contributed by atoms with E-state index in [1.165, 1.54) is 7.11 Å². The van der Waals surface area contributed by atoms with Gasteiger partial charge in [0.05, 0.1) is 38.4 Å². The van der Waals surface area contributed by atoms with Crippen molar-refractivity contribution < 1.29 is 23.8 Å². The van der Waals surface area contributed by atoms with Crippen LogP contribution < -0.4 is 0 Å². The normalized spacial score (nSPS) is 27.4. The molecule has 126 valence electrons. The van der Waals surface area contributed by atoms with E-state index < -0.39 is 0 Å². The third-order valence-corrected chi connectivity index (χ3v) is 4.30. The Bertz CT molecular complexity index is 501. The molecule has 1 fully saturated rings. The minimum Gasteiger partial charge on any atom is -0.469 e. The van der Waals surface area contributed by atoms with Crippen LogP contribution in [0.15, 0.2) is 30.3 Å². The zero-order valence-electron chi connectivity index (χ0n) is 13.6. The molecular weight excluding hydrogens is 296 g/mol. The molecule has 0 amide bonds. The summed E-state index contributed by atoms with van der Waals surface area (Å²) in [7, 11) is 1.36. The topological polar surface area (TPSA) is 61.8 Å². The number of carbonyl (C=O) groups excluding carboxylic acids is 2. The molecule has 0 unspecified atom stereocenters. The Morgan fingerprint density at radius 1 is 1.35 bits per heavy atom. The minimum absolute atomic E-state index is 0.0523. The van der Waals surface area contributed by atoms with Crippen LogP contribution in [0.5, 0.6) is 0 Å². The summed E-state index contributed by atoms with van der Waals surface area (Å²) in [6.07, 6.45) is 1.45. The maximum Gasteiger partial charge on any atom is 0.308 e. The molecule has 2 rings (SSSR count). The fourth-order valence-electron chi connectivity index (χ4n) is 2.88. The largest absolute Gasteiger partial charge is 0.469 e. The highest BCUT2D eigenvalue weighted by atomic mass is 16.5. The quantitative estimate of drug-likeness (QED) is 0.570. The summed E-state index contributed by atoms with van der Waals surface area (Å²) in [6, 6.07) is 9.94. The predicted molar refractivity (Wildman–Crippen MR) is 84.8 cm³/mol. The van der Waals surface area contributed by atoms with Gasteiger partial charge in [0.1, 0.15) is 6.29 Å². The first kappa shape index (κ1) is 17.6. The summed E-state index contributed by atoms with van der Waals surface area (Å²) in [4.78, 5) is 22.4.